The van der Waals surface area contributed by atoms with Crippen LogP contribution in [0.1, 0.15) is 20.7 Å². The minimum absolute atomic E-state index is 0.237. The number of nitrogens with zero attached hydrogens (tertiary/aromatic N) is 3. The van der Waals surface area contributed by atoms with E-state index < -0.39 is 0 Å². The van der Waals surface area contributed by atoms with Gasteiger partial charge in [-0.05, 0) is 36.4 Å². The molecule has 0 fully saturated rings. The molecular formula is C41H27N5O2S. The summed E-state index contributed by atoms with van der Waals surface area (Å²) in [6.07, 6.45) is 0. The summed E-state index contributed by atoms with van der Waals surface area (Å²) in [6, 6.07) is 46.1. The molecule has 8 aromatic rings. The van der Waals surface area contributed by atoms with Gasteiger partial charge in [0.05, 0.1) is 39.2 Å². The van der Waals surface area contributed by atoms with Gasteiger partial charge in [-0.2, -0.15) is 0 Å². The first kappa shape index (κ1) is 29.9. The van der Waals surface area contributed by atoms with E-state index in [4.69, 9.17) is 15.0 Å². The summed E-state index contributed by atoms with van der Waals surface area (Å²) < 4.78 is 0. The molecule has 3 heterocycles. The van der Waals surface area contributed by atoms with Crippen molar-refractivity contribution in [3.05, 3.63) is 162 Å². The molecule has 0 unspecified atom stereocenters. The number of rotatable bonds is 7. The second-order valence-corrected chi connectivity index (χ2v) is 12.3. The lowest BCUT2D eigenvalue weighted by Gasteiger charge is -2.11. The Hall–Kier alpha value is -6.51. The molecule has 0 spiro atoms. The quantitative estimate of drug-likeness (QED) is 0.179. The van der Waals surface area contributed by atoms with Crippen molar-refractivity contribution in [1.29, 1.82) is 0 Å². The Balaban J connectivity index is 1.04. The van der Waals surface area contributed by atoms with Crippen molar-refractivity contribution < 1.29 is 9.59 Å². The number of para-hydroxylation sites is 2. The summed E-state index contributed by atoms with van der Waals surface area (Å²) in [5.74, 6) is -0.504. The molecule has 49 heavy (non-hydrogen) atoms. The van der Waals surface area contributed by atoms with Crippen LogP contribution in [0.25, 0.3) is 55.6 Å². The van der Waals surface area contributed by atoms with Gasteiger partial charge in [-0.3, -0.25) is 14.9 Å². The predicted molar refractivity (Wildman–Crippen MR) is 198 cm³/mol. The van der Waals surface area contributed by atoms with Crippen LogP contribution < -0.4 is 10.6 Å². The number of pyridine rings is 2. The fourth-order valence-corrected chi connectivity index (χ4v) is 6.54. The normalized spacial score (nSPS) is 11.0. The molecule has 0 radical (unpaired) electrons. The maximum atomic E-state index is 13.7. The number of nitrogens with one attached hydrogen (secondary N) is 2. The van der Waals surface area contributed by atoms with Crippen LogP contribution in [0.2, 0.25) is 0 Å². The summed E-state index contributed by atoms with van der Waals surface area (Å²) in [6.45, 7) is 0. The lowest BCUT2D eigenvalue weighted by molar-refractivity contribution is 0.102. The van der Waals surface area contributed by atoms with Crippen LogP contribution >= 0.6 is 11.3 Å². The van der Waals surface area contributed by atoms with E-state index in [-0.39, 0.29) is 11.8 Å². The Labute approximate surface area is 286 Å². The highest BCUT2D eigenvalue weighted by Crippen LogP contribution is 2.30. The van der Waals surface area contributed by atoms with Crippen LogP contribution in [0.15, 0.2) is 151 Å². The maximum Gasteiger partial charge on any atom is 0.258 e. The number of carbonyl (C=O) groups is 2. The molecule has 8 rings (SSSR count). The number of anilines is 2. The minimum atomic E-state index is -0.267. The monoisotopic (exact) mass is 653 g/mol. The van der Waals surface area contributed by atoms with Crippen LogP contribution in [0.4, 0.5) is 10.8 Å². The molecule has 234 valence electrons. The molecule has 2 amide bonds. The highest BCUT2D eigenvalue weighted by molar-refractivity contribution is 7.14. The first-order chi connectivity index (χ1) is 24.1. The molecule has 0 saturated heterocycles. The van der Waals surface area contributed by atoms with Crippen molar-refractivity contribution in [2.75, 3.05) is 10.6 Å². The fourth-order valence-electron chi connectivity index (χ4n) is 5.82. The number of carbonyl (C=O) groups excluding carboxylic acids is 2. The molecular weight excluding hydrogens is 627 g/mol. The second-order valence-electron chi connectivity index (χ2n) is 11.4. The van der Waals surface area contributed by atoms with Crippen molar-refractivity contribution in [2.45, 2.75) is 0 Å². The molecule has 5 aromatic carbocycles. The van der Waals surface area contributed by atoms with Gasteiger partial charge in [-0.25, -0.2) is 15.0 Å². The van der Waals surface area contributed by atoms with Crippen molar-refractivity contribution in [3.8, 4) is 33.8 Å². The maximum absolute atomic E-state index is 13.7. The Morgan fingerprint density at radius 3 is 1.57 bits per heavy atom. The van der Waals surface area contributed by atoms with Gasteiger partial charge in [0.25, 0.3) is 11.8 Å². The Kier molecular flexibility index (Phi) is 7.89. The average Bonchev–Trinajstić information content (AvgIpc) is 3.63. The number of thiazole rings is 1. The first-order valence-electron chi connectivity index (χ1n) is 15.7. The third kappa shape index (κ3) is 6.16. The van der Waals surface area contributed by atoms with Crippen molar-refractivity contribution >= 4 is 55.8 Å². The highest BCUT2D eigenvalue weighted by atomic mass is 32.1. The van der Waals surface area contributed by atoms with Crippen LogP contribution in [0.3, 0.4) is 0 Å². The molecule has 3 aromatic heterocycles. The van der Waals surface area contributed by atoms with E-state index in [9.17, 15) is 9.59 Å². The largest absolute Gasteiger partial charge is 0.322 e. The Bertz CT molecular complexity index is 2500. The zero-order valence-electron chi connectivity index (χ0n) is 26.0. The van der Waals surface area contributed by atoms with E-state index in [1.165, 1.54) is 11.3 Å². The van der Waals surface area contributed by atoms with Gasteiger partial charge in [0.1, 0.15) is 0 Å². The third-order valence-electron chi connectivity index (χ3n) is 8.20. The van der Waals surface area contributed by atoms with Crippen molar-refractivity contribution in [1.82, 2.24) is 15.0 Å². The smallest absolute Gasteiger partial charge is 0.258 e. The standard InChI is InChI=1S/C41H27N5O2S/c47-39(32-23-36(26-12-3-1-4-13-26)43-34-20-9-7-18-30(32)34)42-29-17-11-16-28(22-29)38-25-49-41(45-38)46-40(48)33-24-37(27-14-5-2-6-15-27)44-35-21-10-8-19-31(33)35/h1-25H,(H,42,47)(H,45,46,48). The van der Waals surface area contributed by atoms with Gasteiger partial charge >= 0.3 is 0 Å². The zero-order chi connectivity index (χ0) is 33.2. The first-order valence-corrected chi connectivity index (χ1v) is 16.6. The summed E-state index contributed by atoms with van der Waals surface area (Å²) in [7, 11) is 0. The number of benzene rings is 5. The van der Waals surface area contributed by atoms with E-state index in [1.807, 2.05) is 151 Å². The third-order valence-corrected chi connectivity index (χ3v) is 8.96. The summed E-state index contributed by atoms with van der Waals surface area (Å²) >= 11 is 1.34. The lowest BCUT2D eigenvalue weighted by atomic mass is 10.0. The van der Waals surface area contributed by atoms with Gasteiger partial charge in [-0.15, -0.1) is 11.3 Å². The van der Waals surface area contributed by atoms with Crippen molar-refractivity contribution in [3.63, 3.8) is 0 Å². The summed E-state index contributed by atoms with van der Waals surface area (Å²) in [4.78, 5) is 41.7. The molecule has 0 aliphatic carbocycles. The molecule has 8 heteroatoms. The van der Waals surface area contributed by atoms with E-state index in [1.54, 1.807) is 0 Å². The number of fused-ring (bicyclic) bond motifs is 2. The van der Waals surface area contributed by atoms with Crippen LogP contribution in [-0.4, -0.2) is 26.8 Å². The molecule has 2 N–H and O–H groups in total. The van der Waals surface area contributed by atoms with Gasteiger partial charge in [0, 0.05) is 38.5 Å². The highest BCUT2D eigenvalue weighted by Gasteiger charge is 2.17. The Morgan fingerprint density at radius 1 is 0.469 bits per heavy atom. The van der Waals surface area contributed by atoms with Crippen LogP contribution in [-0.2, 0) is 0 Å². The zero-order valence-corrected chi connectivity index (χ0v) is 26.8. The van der Waals surface area contributed by atoms with Gasteiger partial charge in [0.15, 0.2) is 5.13 Å². The van der Waals surface area contributed by atoms with E-state index in [0.717, 1.165) is 49.9 Å². The minimum Gasteiger partial charge on any atom is -0.322 e. The predicted octanol–water partition coefficient (Wildman–Crippen LogP) is 9.75. The van der Waals surface area contributed by atoms with Crippen LogP contribution in [0, 0.1) is 0 Å². The molecule has 0 atom stereocenters. The number of aromatic nitrogens is 3. The van der Waals surface area contributed by atoms with E-state index in [0.29, 0.717) is 27.6 Å². The SMILES string of the molecule is O=C(Nc1cccc(-c2csc(NC(=O)c3cc(-c4ccccc4)nc4ccccc34)n2)c1)c1cc(-c2ccccc2)nc2ccccc12. The van der Waals surface area contributed by atoms with Gasteiger partial charge in [0.2, 0.25) is 0 Å². The summed E-state index contributed by atoms with van der Waals surface area (Å²) in [5, 5.41) is 9.94. The van der Waals surface area contributed by atoms with Crippen molar-refractivity contribution in [2.24, 2.45) is 0 Å². The Morgan fingerprint density at radius 2 is 0.980 bits per heavy atom. The summed E-state index contributed by atoms with van der Waals surface area (Å²) in [5.41, 5.74) is 7.97. The molecule has 0 aliphatic heterocycles. The topological polar surface area (TPSA) is 96.9 Å². The number of hydrogen-bond acceptors (Lipinski definition) is 6. The number of hydrogen-bond donors (Lipinski definition) is 2. The van der Waals surface area contributed by atoms with E-state index >= 15 is 0 Å². The van der Waals surface area contributed by atoms with Crippen LogP contribution in [0.5, 0.6) is 0 Å². The fraction of sp³-hybridized carbons (Fsp3) is 0. The second kappa shape index (κ2) is 12.9. The average molecular weight is 654 g/mol. The number of amides is 2. The molecule has 7 nitrogen and oxygen atoms in total. The molecule has 0 aliphatic rings. The van der Waals surface area contributed by atoms with Gasteiger partial charge < -0.3 is 5.32 Å². The van der Waals surface area contributed by atoms with Gasteiger partial charge in [-0.1, -0.05) is 109 Å². The lowest BCUT2D eigenvalue weighted by Crippen LogP contribution is -2.13. The molecule has 0 bridgehead atoms. The van der Waals surface area contributed by atoms with E-state index in [2.05, 4.69) is 10.6 Å². The molecule has 0 saturated carbocycles.